The summed E-state index contributed by atoms with van der Waals surface area (Å²) < 4.78 is 16.6. The number of nitrogens with one attached hydrogen (secondary N) is 1. The fourth-order valence-electron chi connectivity index (χ4n) is 3.56. The van der Waals surface area contributed by atoms with Crippen LogP contribution in [0.1, 0.15) is 52.2 Å². The Hall–Kier alpha value is -2.83. The third kappa shape index (κ3) is 3.67. The Morgan fingerprint density at radius 3 is 2.67 bits per heavy atom. The van der Waals surface area contributed by atoms with E-state index in [0.717, 1.165) is 0 Å². The molecule has 144 valence electrons. The molecule has 0 bridgehead atoms. The lowest BCUT2D eigenvalue weighted by molar-refractivity contribution is -0.139. The van der Waals surface area contributed by atoms with E-state index in [2.05, 4.69) is 5.32 Å². The van der Waals surface area contributed by atoms with Crippen molar-refractivity contribution in [3.8, 4) is 0 Å². The van der Waals surface area contributed by atoms with Crippen molar-refractivity contribution in [3.05, 3.63) is 46.9 Å². The van der Waals surface area contributed by atoms with Crippen molar-refractivity contribution in [3.63, 3.8) is 0 Å². The molecule has 1 N–H and O–H groups in total. The van der Waals surface area contributed by atoms with Crippen molar-refractivity contribution in [2.24, 2.45) is 5.41 Å². The molecule has 1 aliphatic carbocycles. The number of rotatable bonds is 4. The molecule has 0 aromatic carbocycles. The van der Waals surface area contributed by atoms with Crippen molar-refractivity contribution in [1.29, 1.82) is 0 Å². The average Bonchev–Trinajstić information content (AvgIpc) is 3.05. The second kappa shape index (κ2) is 7.06. The lowest BCUT2D eigenvalue weighted by atomic mass is 9.71. The number of ether oxygens (including phenoxy) is 2. The molecular formula is C20H23NO6. The lowest BCUT2D eigenvalue weighted by Crippen LogP contribution is -2.37. The van der Waals surface area contributed by atoms with Crippen LogP contribution in [0.25, 0.3) is 0 Å². The number of carbonyl (C=O) groups is 3. The Morgan fingerprint density at radius 1 is 1.33 bits per heavy atom. The summed E-state index contributed by atoms with van der Waals surface area (Å²) in [5.74, 6) is -1.08. The summed E-state index contributed by atoms with van der Waals surface area (Å²) >= 11 is 0. The summed E-state index contributed by atoms with van der Waals surface area (Å²) in [6.45, 7) is 7.10. The van der Waals surface area contributed by atoms with Gasteiger partial charge in [-0.1, -0.05) is 13.8 Å². The maximum absolute atomic E-state index is 13.0. The third-order valence-corrected chi connectivity index (χ3v) is 4.54. The molecule has 0 fully saturated rings. The monoisotopic (exact) mass is 373 g/mol. The zero-order valence-electron chi connectivity index (χ0n) is 15.9. The quantitative estimate of drug-likeness (QED) is 0.816. The first-order chi connectivity index (χ1) is 12.7. The first-order valence-electron chi connectivity index (χ1n) is 8.90. The summed E-state index contributed by atoms with van der Waals surface area (Å²) in [4.78, 5) is 37.4. The predicted molar refractivity (Wildman–Crippen MR) is 95.1 cm³/mol. The molecule has 0 spiro atoms. The Bertz CT molecular complexity index is 844. The topological polar surface area (TPSA) is 94.8 Å². The molecule has 7 nitrogen and oxygen atoms in total. The van der Waals surface area contributed by atoms with Crippen LogP contribution in [-0.2, 0) is 23.9 Å². The summed E-state index contributed by atoms with van der Waals surface area (Å²) in [5, 5.41) is 2.57. The van der Waals surface area contributed by atoms with E-state index >= 15 is 0 Å². The van der Waals surface area contributed by atoms with Gasteiger partial charge in [0.2, 0.25) is 11.8 Å². The number of Topliss-reactive ketones (excluding diaryl/α,β-unsaturated/α-hetero) is 1. The van der Waals surface area contributed by atoms with Crippen LogP contribution in [0.4, 0.5) is 0 Å². The van der Waals surface area contributed by atoms with E-state index in [1.54, 1.807) is 19.1 Å². The zero-order chi connectivity index (χ0) is 19.8. The summed E-state index contributed by atoms with van der Waals surface area (Å²) in [6, 6.07) is 3.38. The Kier molecular flexibility index (Phi) is 4.95. The van der Waals surface area contributed by atoms with Gasteiger partial charge in [0.05, 0.1) is 18.8 Å². The van der Waals surface area contributed by atoms with Gasteiger partial charge in [0, 0.05) is 25.3 Å². The zero-order valence-corrected chi connectivity index (χ0v) is 15.9. The van der Waals surface area contributed by atoms with E-state index in [0.29, 0.717) is 29.9 Å². The van der Waals surface area contributed by atoms with Crippen LogP contribution in [0.3, 0.4) is 0 Å². The number of allylic oxidation sites excluding steroid dienone is 2. The fraction of sp³-hybridized carbons (Fsp3) is 0.450. The van der Waals surface area contributed by atoms with Gasteiger partial charge in [-0.25, -0.2) is 4.79 Å². The number of carbonyl (C=O) groups excluding carboxylic acids is 3. The molecule has 1 aromatic heterocycles. The Labute approximate surface area is 157 Å². The van der Waals surface area contributed by atoms with Gasteiger partial charge in [-0.2, -0.15) is 0 Å². The number of hydrogen-bond acceptors (Lipinski definition) is 6. The molecule has 1 amide bonds. The van der Waals surface area contributed by atoms with Crippen molar-refractivity contribution in [2.45, 2.75) is 46.5 Å². The summed E-state index contributed by atoms with van der Waals surface area (Å²) in [7, 11) is 0. The van der Waals surface area contributed by atoms with Gasteiger partial charge in [0.25, 0.3) is 0 Å². The van der Waals surface area contributed by atoms with Crippen LogP contribution >= 0.6 is 0 Å². The van der Waals surface area contributed by atoms with Gasteiger partial charge in [0.15, 0.2) is 5.78 Å². The number of furan rings is 1. The van der Waals surface area contributed by atoms with Gasteiger partial charge in [-0.15, -0.1) is 0 Å². The minimum Gasteiger partial charge on any atom is -0.468 e. The molecule has 1 atom stereocenters. The standard InChI is InChI=1S/C20H23NO6/c1-5-25-19(24)17-16(13-7-6-8-26-13)15-12(23)9-20(3,4)10-14(15)27-18(17)21-11(2)22/h6-8,16H,5,9-10H2,1-4H3,(H,21,22). The van der Waals surface area contributed by atoms with Crippen molar-refractivity contribution < 1.29 is 28.3 Å². The Morgan fingerprint density at radius 2 is 2.07 bits per heavy atom. The Balaban J connectivity index is 2.20. The van der Waals surface area contributed by atoms with Crippen LogP contribution < -0.4 is 5.32 Å². The number of esters is 1. The van der Waals surface area contributed by atoms with Crippen LogP contribution in [0, 0.1) is 5.41 Å². The normalized spacial score (nSPS) is 21.5. The SMILES string of the molecule is CCOC(=O)C1=C(NC(C)=O)OC2=C(C(=O)CC(C)(C)C2)C1c1ccco1. The molecular weight excluding hydrogens is 350 g/mol. The highest BCUT2D eigenvalue weighted by Gasteiger charge is 2.46. The summed E-state index contributed by atoms with van der Waals surface area (Å²) in [5.41, 5.74) is 0.169. The molecule has 0 radical (unpaired) electrons. The van der Waals surface area contributed by atoms with Crippen LogP contribution in [0.5, 0.6) is 0 Å². The average molecular weight is 373 g/mol. The largest absolute Gasteiger partial charge is 0.468 e. The molecule has 1 unspecified atom stereocenters. The molecule has 27 heavy (non-hydrogen) atoms. The van der Waals surface area contributed by atoms with Crippen molar-refractivity contribution in [2.75, 3.05) is 6.61 Å². The first-order valence-corrected chi connectivity index (χ1v) is 8.90. The van der Waals surface area contributed by atoms with E-state index in [9.17, 15) is 14.4 Å². The highest BCUT2D eigenvalue weighted by Crippen LogP contribution is 2.48. The molecule has 7 heteroatoms. The second-order valence-electron chi connectivity index (χ2n) is 7.47. The van der Waals surface area contributed by atoms with Gasteiger partial charge >= 0.3 is 5.97 Å². The van der Waals surface area contributed by atoms with E-state index in [1.807, 2.05) is 13.8 Å². The predicted octanol–water partition coefficient (Wildman–Crippen LogP) is 2.95. The van der Waals surface area contributed by atoms with Gasteiger partial charge in [-0.3, -0.25) is 14.9 Å². The molecule has 1 aliphatic heterocycles. The van der Waals surface area contributed by atoms with Crippen molar-refractivity contribution >= 4 is 17.7 Å². The molecule has 3 rings (SSSR count). The van der Waals surface area contributed by atoms with E-state index in [-0.39, 0.29) is 29.3 Å². The molecule has 2 heterocycles. The van der Waals surface area contributed by atoms with Crippen LogP contribution in [-0.4, -0.2) is 24.3 Å². The molecule has 0 saturated carbocycles. The number of hydrogen-bond donors (Lipinski definition) is 1. The minimum atomic E-state index is -0.784. The van der Waals surface area contributed by atoms with E-state index < -0.39 is 17.8 Å². The highest BCUT2D eigenvalue weighted by molar-refractivity contribution is 6.03. The van der Waals surface area contributed by atoms with Crippen LogP contribution in [0.15, 0.2) is 45.6 Å². The molecule has 2 aliphatic rings. The number of ketones is 1. The van der Waals surface area contributed by atoms with Crippen LogP contribution in [0.2, 0.25) is 0 Å². The molecule has 1 aromatic rings. The fourth-order valence-corrected chi connectivity index (χ4v) is 3.56. The van der Waals surface area contributed by atoms with Gasteiger partial charge in [-0.05, 0) is 24.5 Å². The third-order valence-electron chi connectivity index (χ3n) is 4.54. The van der Waals surface area contributed by atoms with E-state index in [4.69, 9.17) is 13.9 Å². The van der Waals surface area contributed by atoms with Gasteiger partial charge < -0.3 is 13.9 Å². The first kappa shape index (κ1) is 18.9. The lowest BCUT2D eigenvalue weighted by Gasteiger charge is -2.37. The minimum absolute atomic E-state index is 0.00778. The number of amides is 1. The van der Waals surface area contributed by atoms with Gasteiger partial charge in [0.1, 0.15) is 17.1 Å². The van der Waals surface area contributed by atoms with Crippen molar-refractivity contribution in [1.82, 2.24) is 5.32 Å². The summed E-state index contributed by atoms with van der Waals surface area (Å²) in [6.07, 6.45) is 2.31. The maximum Gasteiger partial charge on any atom is 0.340 e. The second-order valence-corrected chi connectivity index (χ2v) is 7.47. The molecule has 0 saturated heterocycles. The smallest absolute Gasteiger partial charge is 0.340 e. The van der Waals surface area contributed by atoms with E-state index in [1.165, 1.54) is 13.2 Å². The highest BCUT2D eigenvalue weighted by atomic mass is 16.5. The maximum atomic E-state index is 13.0.